The van der Waals surface area contributed by atoms with E-state index in [-0.39, 0.29) is 17.4 Å². The second-order valence-electron chi connectivity index (χ2n) is 8.79. The summed E-state index contributed by atoms with van der Waals surface area (Å²) in [5.74, 6) is 0.257. The Morgan fingerprint density at radius 2 is 1.81 bits per heavy atom. The van der Waals surface area contributed by atoms with Crippen molar-refractivity contribution < 1.29 is 9.59 Å². The maximum Gasteiger partial charge on any atom is 0.248 e. The standard InChI is InChI=1S/C21H29N3O2/c1-21(2)13-23(16-4-3-5-16)10-11-24(21)20(26)18-12-17(18)14-6-8-15(9-7-14)19(22)25/h6-9,16-18H,3-5,10-13H2,1-2H3,(H2,22,25)/t17-,18+/m0/s1. The Kier molecular flexibility index (Phi) is 4.30. The van der Waals surface area contributed by atoms with Crippen LogP contribution in [0.2, 0.25) is 0 Å². The second-order valence-corrected chi connectivity index (χ2v) is 8.79. The Labute approximate surface area is 155 Å². The Morgan fingerprint density at radius 3 is 2.35 bits per heavy atom. The number of rotatable bonds is 4. The van der Waals surface area contributed by atoms with Gasteiger partial charge in [0.1, 0.15) is 0 Å². The summed E-state index contributed by atoms with van der Waals surface area (Å²) in [5.41, 5.74) is 6.86. The first-order chi connectivity index (χ1) is 12.4. The highest BCUT2D eigenvalue weighted by Crippen LogP contribution is 2.49. The molecule has 0 bridgehead atoms. The van der Waals surface area contributed by atoms with E-state index in [4.69, 9.17) is 5.73 Å². The minimum absolute atomic E-state index is 0.0870. The molecular formula is C21H29N3O2. The Morgan fingerprint density at radius 1 is 1.12 bits per heavy atom. The number of carbonyl (C=O) groups excluding carboxylic acids is 2. The second kappa shape index (κ2) is 6.38. The molecule has 1 aromatic carbocycles. The molecule has 1 heterocycles. The Balaban J connectivity index is 1.39. The molecule has 0 aromatic heterocycles. The number of nitrogens with two attached hydrogens (primary N) is 1. The molecule has 1 saturated heterocycles. The zero-order valence-electron chi connectivity index (χ0n) is 15.8. The molecule has 3 aliphatic rings. The average molecular weight is 355 g/mol. The first-order valence-corrected chi connectivity index (χ1v) is 9.82. The summed E-state index contributed by atoms with van der Waals surface area (Å²) in [5, 5.41) is 0. The van der Waals surface area contributed by atoms with Gasteiger partial charge in [-0.1, -0.05) is 18.6 Å². The van der Waals surface area contributed by atoms with Gasteiger partial charge in [-0.3, -0.25) is 14.5 Å². The van der Waals surface area contributed by atoms with Crippen LogP contribution in [0.1, 0.15) is 61.4 Å². The largest absolute Gasteiger partial charge is 0.366 e. The lowest BCUT2D eigenvalue weighted by Crippen LogP contribution is -2.63. The van der Waals surface area contributed by atoms with Crippen molar-refractivity contribution in [2.75, 3.05) is 19.6 Å². The van der Waals surface area contributed by atoms with Crippen LogP contribution in [-0.4, -0.2) is 52.8 Å². The fourth-order valence-corrected chi connectivity index (χ4v) is 4.60. The van der Waals surface area contributed by atoms with Crippen LogP contribution in [0.5, 0.6) is 0 Å². The zero-order chi connectivity index (χ0) is 18.5. The molecule has 1 aromatic rings. The molecule has 140 valence electrons. The number of hydrogen-bond acceptors (Lipinski definition) is 3. The lowest BCUT2D eigenvalue weighted by atomic mass is 9.88. The molecule has 2 atom stereocenters. The molecule has 0 radical (unpaired) electrons. The summed E-state index contributed by atoms with van der Waals surface area (Å²) >= 11 is 0. The lowest BCUT2D eigenvalue weighted by Gasteiger charge is -2.51. The molecule has 3 fully saturated rings. The molecule has 2 N–H and O–H groups in total. The summed E-state index contributed by atoms with van der Waals surface area (Å²) in [7, 11) is 0. The monoisotopic (exact) mass is 355 g/mol. The maximum atomic E-state index is 13.1. The van der Waals surface area contributed by atoms with Crippen LogP contribution in [0.15, 0.2) is 24.3 Å². The minimum atomic E-state index is -0.411. The van der Waals surface area contributed by atoms with Gasteiger partial charge in [0.25, 0.3) is 0 Å². The number of carbonyl (C=O) groups is 2. The quantitative estimate of drug-likeness (QED) is 0.902. The van der Waals surface area contributed by atoms with Gasteiger partial charge in [-0.05, 0) is 56.7 Å². The van der Waals surface area contributed by atoms with Gasteiger partial charge in [-0.2, -0.15) is 0 Å². The molecule has 2 aliphatic carbocycles. The van der Waals surface area contributed by atoms with Gasteiger partial charge < -0.3 is 10.6 Å². The number of hydrogen-bond donors (Lipinski definition) is 1. The summed E-state index contributed by atoms with van der Waals surface area (Å²) in [6.07, 6.45) is 4.89. The third-order valence-corrected chi connectivity index (χ3v) is 6.52. The van der Waals surface area contributed by atoms with Crippen molar-refractivity contribution in [3.8, 4) is 0 Å². The van der Waals surface area contributed by atoms with Crippen molar-refractivity contribution >= 4 is 11.8 Å². The third kappa shape index (κ3) is 3.13. The first kappa shape index (κ1) is 17.5. The van der Waals surface area contributed by atoms with Crippen molar-refractivity contribution in [3.05, 3.63) is 35.4 Å². The highest BCUT2D eigenvalue weighted by Gasteiger charge is 2.49. The molecule has 2 amide bonds. The van der Waals surface area contributed by atoms with Gasteiger partial charge in [-0.15, -0.1) is 0 Å². The van der Waals surface area contributed by atoms with Crippen LogP contribution < -0.4 is 5.73 Å². The van der Waals surface area contributed by atoms with Crippen LogP contribution in [0.25, 0.3) is 0 Å². The smallest absolute Gasteiger partial charge is 0.248 e. The van der Waals surface area contributed by atoms with Crippen LogP contribution >= 0.6 is 0 Å². The van der Waals surface area contributed by atoms with E-state index < -0.39 is 5.91 Å². The van der Waals surface area contributed by atoms with Crippen molar-refractivity contribution in [1.82, 2.24) is 9.80 Å². The molecular weight excluding hydrogens is 326 g/mol. The van der Waals surface area contributed by atoms with E-state index in [0.717, 1.165) is 37.7 Å². The van der Waals surface area contributed by atoms with Crippen molar-refractivity contribution in [2.45, 2.75) is 57.0 Å². The summed E-state index contributed by atoms with van der Waals surface area (Å²) in [6, 6.07) is 8.15. The first-order valence-electron chi connectivity index (χ1n) is 9.82. The third-order valence-electron chi connectivity index (χ3n) is 6.52. The molecule has 4 rings (SSSR count). The highest BCUT2D eigenvalue weighted by molar-refractivity contribution is 5.92. The van der Waals surface area contributed by atoms with E-state index in [1.54, 1.807) is 12.1 Å². The van der Waals surface area contributed by atoms with Crippen LogP contribution in [0, 0.1) is 5.92 Å². The number of primary amides is 1. The maximum absolute atomic E-state index is 13.1. The van der Waals surface area contributed by atoms with Gasteiger partial charge in [0, 0.05) is 42.7 Å². The van der Waals surface area contributed by atoms with Gasteiger partial charge in [0.2, 0.25) is 11.8 Å². The molecule has 5 nitrogen and oxygen atoms in total. The van der Waals surface area contributed by atoms with E-state index in [1.807, 2.05) is 12.1 Å². The van der Waals surface area contributed by atoms with E-state index in [1.165, 1.54) is 19.3 Å². The lowest BCUT2D eigenvalue weighted by molar-refractivity contribution is -0.143. The number of amides is 2. The SMILES string of the molecule is CC1(C)CN(C2CCC2)CCN1C(=O)[C@@H]1C[C@H]1c1ccc(C(N)=O)cc1. The highest BCUT2D eigenvalue weighted by atomic mass is 16.2. The Hall–Kier alpha value is -1.88. The average Bonchev–Trinajstić information content (AvgIpc) is 3.32. The zero-order valence-corrected chi connectivity index (χ0v) is 15.8. The molecule has 5 heteroatoms. The fourth-order valence-electron chi connectivity index (χ4n) is 4.60. The van der Waals surface area contributed by atoms with E-state index in [0.29, 0.717) is 11.5 Å². The van der Waals surface area contributed by atoms with Gasteiger partial charge >= 0.3 is 0 Å². The number of nitrogens with zero attached hydrogens (tertiary/aromatic N) is 2. The number of benzene rings is 1. The number of piperazine rings is 1. The Bertz CT molecular complexity index is 708. The summed E-state index contributed by atoms with van der Waals surface area (Å²) < 4.78 is 0. The van der Waals surface area contributed by atoms with Crippen molar-refractivity contribution in [2.24, 2.45) is 11.7 Å². The van der Waals surface area contributed by atoms with E-state index >= 15 is 0 Å². The van der Waals surface area contributed by atoms with E-state index in [9.17, 15) is 9.59 Å². The van der Waals surface area contributed by atoms with E-state index in [2.05, 4.69) is 23.6 Å². The van der Waals surface area contributed by atoms with Gasteiger partial charge in [0.15, 0.2) is 0 Å². The summed E-state index contributed by atoms with van der Waals surface area (Å²) in [4.78, 5) is 29.0. The van der Waals surface area contributed by atoms with Crippen LogP contribution in [0.4, 0.5) is 0 Å². The van der Waals surface area contributed by atoms with Crippen molar-refractivity contribution in [3.63, 3.8) is 0 Å². The van der Waals surface area contributed by atoms with Crippen molar-refractivity contribution in [1.29, 1.82) is 0 Å². The molecule has 0 spiro atoms. The molecule has 26 heavy (non-hydrogen) atoms. The topological polar surface area (TPSA) is 66.6 Å². The molecule has 0 unspecified atom stereocenters. The van der Waals surface area contributed by atoms with Gasteiger partial charge in [0.05, 0.1) is 0 Å². The minimum Gasteiger partial charge on any atom is -0.366 e. The van der Waals surface area contributed by atoms with Crippen LogP contribution in [-0.2, 0) is 4.79 Å². The van der Waals surface area contributed by atoms with Gasteiger partial charge in [-0.25, -0.2) is 0 Å². The predicted molar refractivity (Wildman–Crippen MR) is 101 cm³/mol. The molecule has 2 saturated carbocycles. The molecule has 1 aliphatic heterocycles. The summed E-state index contributed by atoms with van der Waals surface area (Å²) in [6.45, 7) is 7.23. The van der Waals surface area contributed by atoms with Crippen LogP contribution in [0.3, 0.4) is 0 Å². The predicted octanol–water partition coefficient (Wildman–Crippen LogP) is 2.36. The normalized spacial score (nSPS) is 28.5. The fraction of sp³-hybridized carbons (Fsp3) is 0.619.